The number of thiazole rings is 1. The van der Waals surface area contributed by atoms with Gasteiger partial charge in [0.1, 0.15) is 10.8 Å². The van der Waals surface area contributed by atoms with Gasteiger partial charge in [0.25, 0.3) is 5.91 Å². The third-order valence-electron chi connectivity index (χ3n) is 3.60. The second kappa shape index (κ2) is 6.22. The maximum atomic E-state index is 12.3. The van der Waals surface area contributed by atoms with Crippen molar-refractivity contribution in [2.24, 2.45) is 0 Å². The highest BCUT2D eigenvalue weighted by Crippen LogP contribution is 2.27. The Morgan fingerprint density at radius 1 is 1.33 bits per heavy atom. The molecule has 5 nitrogen and oxygen atoms in total. The highest BCUT2D eigenvalue weighted by atomic mass is 32.1. The first kappa shape index (κ1) is 14.0. The molecular weight excluding hydrogens is 284 g/mol. The van der Waals surface area contributed by atoms with Crippen molar-refractivity contribution in [1.29, 1.82) is 0 Å². The average molecular weight is 302 g/mol. The van der Waals surface area contributed by atoms with Gasteiger partial charge in [-0.2, -0.15) is 0 Å². The molecule has 0 aliphatic heterocycles. The van der Waals surface area contributed by atoms with Crippen molar-refractivity contribution in [3.8, 4) is 0 Å². The van der Waals surface area contributed by atoms with Gasteiger partial charge in [-0.3, -0.25) is 4.79 Å². The molecule has 110 valence electrons. The van der Waals surface area contributed by atoms with E-state index < -0.39 is 0 Å². The molecule has 21 heavy (non-hydrogen) atoms. The van der Waals surface area contributed by atoms with E-state index in [0.29, 0.717) is 17.6 Å². The van der Waals surface area contributed by atoms with Crippen LogP contribution in [0.2, 0.25) is 0 Å². The van der Waals surface area contributed by atoms with E-state index in [0.717, 1.165) is 10.7 Å². The Kier molecular flexibility index (Phi) is 4.15. The summed E-state index contributed by atoms with van der Waals surface area (Å²) in [5.74, 6) is 0.342. The minimum Gasteiger partial charge on any atom is -0.372 e. The molecule has 2 aromatic heterocycles. The van der Waals surface area contributed by atoms with Crippen molar-refractivity contribution in [2.75, 3.05) is 10.6 Å². The molecule has 1 aliphatic carbocycles. The van der Waals surface area contributed by atoms with Crippen LogP contribution in [0.5, 0.6) is 0 Å². The van der Waals surface area contributed by atoms with Gasteiger partial charge in [-0.15, -0.1) is 11.3 Å². The van der Waals surface area contributed by atoms with E-state index in [1.807, 2.05) is 19.1 Å². The molecule has 1 fully saturated rings. The molecule has 1 aliphatic rings. The maximum Gasteiger partial charge on any atom is 0.278 e. The van der Waals surface area contributed by atoms with Crippen LogP contribution in [-0.2, 0) is 0 Å². The van der Waals surface area contributed by atoms with E-state index >= 15 is 0 Å². The lowest BCUT2D eigenvalue weighted by Crippen LogP contribution is -2.19. The second-order valence-electron chi connectivity index (χ2n) is 5.27. The largest absolute Gasteiger partial charge is 0.372 e. The van der Waals surface area contributed by atoms with Gasteiger partial charge >= 0.3 is 0 Å². The van der Waals surface area contributed by atoms with E-state index in [1.54, 1.807) is 11.6 Å². The van der Waals surface area contributed by atoms with E-state index in [4.69, 9.17) is 0 Å². The molecule has 2 aromatic rings. The Bertz CT molecular complexity index is 634. The fraction of sp³-hybridized carbons (Fsp3) is 0.400. The number of amides is 1. The van der Waals surface area contributed by atoms with E-state index in [9.17, 15) is 4.79 Å². The second-order valence-corrected chi connectivity index (χ2v) is 6.13. The zero-order valence-corrected chi connectivity index (χ0v) is 12.7. The number of pyridine rings is 1. The predicted octanol–water partition coefficient (Wildman–Crippen LogP) is 3.45. The molecule has 0 atom stereocenters. The summed E-state index contributed by atoms with van der Waals surface area (Å²) >= 11 is 1.47. The van der Waals surface area contributed by atoms with Crippen LogP contribution in [0.4, 0.5) is 10.8 Å². The fourth-order valence-electron chi connectivity index (χ4n) is 2.55. The zero-order chi connectivity index (χ0) is 14.7. The quantitative estimate of drug-likeness (QED) is 0.907. The molecule has 3 rings (SSSR count). The molecule has 0 aromatic carbocycles. The van der Waals surface area contributed by atoms with E-state index in [-0.39, 0.29) is 5.91 Å². The van der Waals surface area contributed by atoms with Crippen LogP contribution in [0.3, 0.4) is 0 Å². The number of nitrogens with one attached hydrogen (secondary N) is 2. The van der Waals surface area contributed by atoms with Crippen molar-refractivity contribution in [1.82, 2.24) is 9.97 Å². The summed E-state index contributed by atoms with van der Waals surface area (Å²) < 4.78 is 0. The van der Waals surface area contributed by atoms with E-state index in [2.05, 4.69) is 20.6 Å². The molecule has 2 heterocycles. The summed E-state index contributed by atoms with van der Waals surface area (Å²) in [6, 6.07) is 6.01. The molecule has 1 amide bonds. The number of aromatic nitrogens is 2. The molecule has 0 bridgehead atoms. The lowest BCUT2D eigenvalue weighted by Gasteiger charge is -2.12. The standard InChI is InChI=1S/C15H18N4OS/c1-10-5-4-8-12(17-10)19-14(20)13-15(21-9-16-13)18-11-6-2-3-7-11/h4-5,8-9,11,18H,2-3,6-7H2,1H3,(H,17,19,20). The van der Waals surface area contributed by atoms with Crippen LogP contribution in [0.1, 0.15) is 41.9 Å². The molecule has 0 spiro atoms. The van der Waals surface area contributed by atoms with Gasteiger partial charge in [-0.25, -0.2) is 9.97 Å². The number of hydrogen-bond donors (Lipinski definition) is 2. The topological polar surface area (TPSA) is 66.9 Å². The van der Waals surface area contributed by atoms with Gasteiger partial charge in [-0.1, -0.05) is 18.9 Å². The van der Waals surface area contributed by atoms with Crippen LogP contribution in [0.15, 0.2) is 23.7 Å². The Morgan fingerprint density at radius 3 is 2.90 bits per heavy atom. The van der Waals surface area contributed by atoms with Gasteiger partial charge in [0.2, 0.25) is 0 Å². The Hall–Kier alpha value is -1.95. The number of carbonyl (C=O) groups excluding carboxylic acids is 1. The SMILES string of the molecule is Cc1cccc(NC(=O)c2ncsc2NC2CCCC2)n1. The highest BCUT2D eigenvalue weighted by Gasteiger charge is 2.20. The normalized spacial score (nSPS) is 15.1. The number of anilines is 2. The van der Waals surface area contributed by atoms with Crippen molar-refractivity contribution >= 4 is 28.1 Å². The van der Waals surface area contributed by atoms with Crippen molar-refractivity contribution in [3.63, 3.8) is 0 Å². The molecule has 0 unspecified atom stereocenters. The monoisotopic (exact) mass is 302 g/mol. The first-order valence-corrected chi connectivity index (χ1v) is 8.05. The van der Waals surface area contributed by atoms with Gasteiger partial charge < -0.3 is 10.6 Å². The molecule has 2 N–H and O–H groups in total. The van der Waals surface area contributed by atoms with E-state index in [1.165, 1.54) is 37.0 Å². The lowest BCUT2D eigenvalue weighted by molar-refractivity contribution is 0.102. The Morgan fingerprint density at radius 2 is 2.14 bits per heavy atom. The summed E-state index contributed by atoms with van der Waals surface area (Å²) in [5, 5.41) is 7.10. The fourth-order valence-corrected chi connectivity index (χ4v) is 3.31. The minimum atomic E-state index is -0.213. The van der Waals surface area contributed by atoms with Crippen LogP contribution >= 0.6 is 11.3 Å². The predicted molar refractivity (Wildman–Crippen MR) is 84.9 cm³/mol. The van der Waals surface area contributed by atoms with Crippen LogP contribution in [0.25, 0.3) is 0 Å². The number of aryl methyl sites for hydroxylation is 1. The van der Waals surface area contributed by atoms with Crippen molar-refractivity contribution < 1.29 is 4.79 Å². The van der Waals surface area contributed by atoms with Crippen LogP contribution in [-0.4, -0.2) is 21.9 Å². The highest BCUT2D eigenvalue weighted by molar-refractivity contribution is 7.14. The van der Waals surface area contributed by atoms with Crippen LogP contribution in [0, 0.1) is 6.92 Å². The van der Waals surface area contributed by atoms with Gasteiger partial charge in [0.05, 0.1) is 5.51 Å². The summed E-state index contributed by atoms with van der Waals surface area (Å²) in [5.41, 5.74) is 3.03. The first-order valence-electron chi connectivity index (χ1n) is 7.17. The smallest absolute Gasteiger partial charge is 0.278 e. The molecule has 0 saturated heterocycles. The summed E-state index contributed by atoms with van der Waals surface area (Å²) in [4.78, 5) is 20.8. The Balaban J connectivity index is 1.71. The van der Waals surface area contributed by atoms with Gasteiger partial charge in [-0.05, 0) is 31.9 Å². The molecule has 6 heteroatoms. The van der Waals surface area contributed by atoms with Crippen LogP contribution < -0.4 is 10.6 Å². The molecular formula is C15H18N4OS. The third kappa shape index (κ3) is 3.39. The number of carbonyl (C=O) groups is 1. The lowest BCUT2D eigenvalue weighted by atomic mass is 10.2. The molecule has 0 radical (unpaired) electrons. The zero-order valence-electron chi connectivity index (χ0n) is 11.9. The maximum absolute atomic E-state index is 12.3. The van der Waals surface area contributed by atoms with Gasteiger partial charge in [0, 0.05) is 11.7 Å². The minimum absolute atomic E-state index is 0.213. The number of hydrogen-bond acceptors (Lipinski definition) is 5. The average Bonchev–Trinajstić information content (AvgIpc) is 3.10. The number of rotatable bonds is 4. The summed E-state index contributed by atoms with van der Waals surface area (Å²) in [6.07, 6.45) is 4.84. The Labute approximate surface area is 127 Å². The van der Waals surface area contributed by atoms with Gasteiger partial charge in [0.15, 0.2) is 5.69 Å². The van der Waals surface area contributed by atoms with Crippen molar-refractivity contribution in [3.05, 3.63) is 35.1 Å². The molecule has 1 saturated carbocycles. The van der Waals surface area contributed by atoms with Crippen molar-refractivity contribution in [2.45, 2.75) is 38.6 Å². The summed E-state index contributed by atoms with van der Waals surface area (Å²) in [7, 11) is 0. The first-order chi connectivity index (χ1) is 10.2. The summed E-state index contributed by atoms with van der Waals surface area (Å²) in [6.45, 7) is 1.89. The third-order valence-corrected chi connectivity index (χ3v) is 4.36. The number of nitrogens with zero attached hydrogens (tertiary/aromatic N) is 2.